The molecule has 0 spiro atoms. The molecule has 0 aliphatic carbocycles. The first-order valence-corrected chi connectivity index (χ1v) is 8.51. The minimum atomic E-state index is -0.547. The van der Waals surface area contributed by atoms with Crippen LogP contribution in [0.15, 0.2) is 54.9 Å². The van der Waals surface area contributed by atoms with E-state index in [9.17, 15) is 9.90 Å². The van der Waals surface area contributed by atoms with Gasteiger partial charge >= 0.3 is 5.97 Å². The highest BCUT2D eigenvalue weighted by Gasteiger charge is 2.14. The molecule has 27 heavy (non-hydrogen) atoms. The maximum absolute atomic E-state index is 12.3. The van der Waals surface area contributed by atoms with Crippen LogP contribution in [-0.2, 0) is 18.4 Å². The number of phenols is 1. The molecule has 0 aliphatic rings. The second kappa shape index (κ2) is 6.77. The Balaban J connectivity index is 1.48. The van der Waals surface area contributed by atoms with Gasteiger partial charge in [0, 0.05) is 18.3 Å². The number of phenolic OH excluding ortho intramolecular Hbond substituents is 1. The number of hydrogen-bond acceptors (Lipinski definition) is 5. The quantitative estimate of drug-likeness (QED) is 0.546. The Kier molecular flexibility index (Phi) is 4.29. The lowest BCUT2D eigenvalue weighted by Crippen LogP contribution is -2.06. The summed E-state index contributed by atoms with van der Waals surface area (Å²) in [6, 6.07) is 12.0. The van der Waals surface area contributed by atoms with Crippen LogP contribution in [0.3, 0.4) is 0 Å². The number of aromatic hydroxyl groups is 1. The normalized spacial score (nSPS) is 11.0. The third-order valence-corrected chi connectivity index (χ3v) is 4.42. The molecule has 0 amide bonds. The highest BCUT2D eigenvalue weighted by Crippen LogP contribution is 2.26. The van der Waals surface area contributed by atoms with E-state index in [4.69, 9.17) is 16.3 Å². The van der Waals surface area contributed by atoms with Crippen molar-refractivity contribution in [3.63, 3.8) is 0 Å². The van der Waals surface area contributed by atoms with Gasteiger partial charge in [-0.15, -0.1) is 0 Å². The van der Waals surface area contributed by atoms with Crippen molar-refractivity contribution in [2.75, 3.05) is 0 Å². The van der Waals surface area contributed by atoms with Crippen LogP contribution in [0.2, 0.25) is 5.02 Å². The molecular weight excluding hydrogens is 368 g/mol. The number of benzene rings is 2. The summed E-state index contributed by atoms with van der Waals surface area (Å²) in [5.74, 6) is -0.561. The zero-order chi connectivity index (χ0) is 19.0. The molecule has 7 nitrogen and oxygen atoms in total. The van der Waals surface area contributed by atoms with Gasteiger partial charge in [-0.3, -0.25) is 4.68 Å². The lowest BCUT2D eigenvalue weighted by atomic mass is 10.1. The van der Waals surface area contributed by atoms with E-state index in [1.165, 1.54) is 6.07 Å². The number of carbonyl (C=O) groups excluding carboxylic acids is 1. The third kappa shape index (κ3) is 3.37. The standard InChI is InChI=1S/C19H15ClN4O3/c1-23-17-8-12(9-18(25)16(17)10-21-23)19(26)27-11-14-6-7-24(22-14)15-4-2-13(20)3-5-15/h2-10,25H,11H2,1H3. The van der Waals surface area contributed by atoms with Crippen LogP contribution >= 0.6 is 11.6 Å². The Morgan fingerprint density at radius 3 is 2.78 bits per heavy atom. The topological polar surface area (TPSA) is 82.2 Å². The molecule has 4 rings (SSSR count). The van der Waals surface area contributed by atoms with Gasteiger partial charge in [-0.25, -0.2) is 9.48 Å². The molecule has 1 N–H and O–H groups in total. The van der Waals surface area contributed by atoms with Crippen molar-refractivity contribution in [2.45, 2.75) is 6.61 Å². The maximum Gasteiger partial charge on any atom is 0.338 e. The van der Waals surface area contributed by atoms with Crippen molar-refractivity contribution >= 4 is 28.5 Å². The van der Waals surface area contributed by atoms with Gasteiger partial charge < -0.3 is 9.84 Å². The fraction of sp³-hybridized carbons (Fsp3) is 0.105. The van der Waals surface area contributed by atoms with E-state index in [-0.39, 0.29) is 17.9 Å². The molecule has 2 heterocycles. The average molecular weight is 383 g/mol. The summed E-state index contributed by atoms with van der Waals surface area (Å²) in [6.07, 6.45) is 3.32. The molecule has 0 saturated heterocycles. The van der Waals surface area contributed by atoms with Crippen molar-refractivity contribution in [1.82, 2.24) is 19.6 Å². The Hall–Kier alpha value is -3.32. The second-order valence-corrected chi connectivity index (χ2v) is 6.44. The number of ether oxygens (including phenoxy) is 1. The van der Waals surface area contributed by atoms with Gasteiger partial charge in [0.25, 0.3) is 0 Å². The van der Waals surface area contributed by atoms with Crippen molar-refractivity contribution in [3.05, 3.63) is 71.1 Å². The number of aromatic nitrogens is 4. The van der Waals surface area contributed by atoms with Gasteiger partial charge in [0.15, 0.2) is 0 Å². The summed E-state index contributed by atoms with van der Waals surface area (Å²) in [5.41, 5.74) is 2.35. The Morgan fingerprint density at radius 1 is 1.22 bits per heavy atom. The molecule has 0 aliphatic heterocycles. The first-order chi connectivity index (χ1) is 13.0. The van der Waals surface area contributed by atoms with E-state index in [1.54, 1.807) is 53.1 Å². The zero-order valence-electron chi connectivity index (χ0n) is 14.3. The van der Waals surface area contributed by atoms with Gasteiger partial charge in [0.2, 0.25) is 0 Å². The fourth-order valence-electron chi connectivity index (χ4n) is 2.75. The first-order valence-electron chi connectivity index (χ1n) is 8.13. The van der Waals surface area contributed by atoms with Crippen LogP contribution in [0.1, 0.15) is 16.1 Å². The van der Waals surface area contributed by atoms with Gasteiger partial charge in [0.05, 0.1) is 28.4 Å². The largest absolute Gasteiger partial charge is 0.507 e. The van der Waals surface area contributed by atoms with Crippen molar-refractivity contribution in [1.29, 1.82) is 0 Å². The molecule has 0 atom stereocenters. The lowest BCUT2D eigenvalue weighted by Gasteiger charge is -2.05. The predicted molar refractivity (Wildman–Crippen MR) is 100 cm³/mol. The van der Waals surface area contributed by atoms with E-state index in [0.717, 1.165) is 5.69 Å². The lowest BCUT2D eigenvalue weighted by molar-refractivity contribution is 0.0467. The third-order valence-electron chi connectivity index (χ3n) is 4.17. The number of fused-ring (bicyclic) bond motifs is 1. The zero-order valence-corrected chi connectivity index (χ0v) is 15.1. The van der Waals surface area contributed by atoms with E-state index < -0.39 is 5.97 Å². The van der Waals surface area contributed by atoms with Crippen LogP contribution in [0.4, 0.5) is 0 Å². The van der Waals surface area contributed by atoms with Crippen molar-refractivity contribution in [3.8, 4) is 11.4 Å². The van der Waals surface area contributed by atoms with E-state index in [2.05, 4.69) is 10.2 Å². The fourth-order valence-corrected chi connectivity index (χ4v) is 2.87. The van der Waals surface area contributed by atoms with Crippen LogP contribution in [-0.4, -0.2) is 30.6 Å². The molecule has 0 bridgehead atoms. The Labute approximate surface area is 159 Å². The van der Waals surface area contributed by atoms with Gasteiger partial charge in [-0.1, -0.05) is 11.6 Å². The van der Waals surface area contributed by atoms with E-state index in [0.29, 0.717) is 21.6 Å². The van der Waals surface area contributed by atoms with E-state index >= 15 is 0 Å². The highest BCUT2D eigenvalue weighted by atomic mass is 35.5. The van der Waals surface area contributed by atoms with E-state index in [1.807, 2.05) is 12.1 Å². The minimum Gasteiger partial charge on any atom is -0.507 e. The summed E-state index contributed by atoms with van der Waals surface area (Å²) >= 11 is 5.89. The summed E-state index contributed by atoms with van der Waals surface area (Å²) in [5, 5.41) is 19.7. The monoisotopic (exact) mass is 382 g/mol. The molecule has 4 aromatic rings. The van der Waals surface area contributed by atoms with Crippen molar-refractivity contribution < 1.29 is 14.6 Å². The van der Waals surface area contributed by atoms with Crippen LogP contribution in [0.25, 0.3) is 16.6 Å². The highest BCUT2D eigenvalue weighted by molar-refractivity contribution is 6.30. The van der Waals surface area contributed by atoms with Gasteiger partial charge in [-0.2, -0.15) is 10.2 Å². The molecule has 136 valence electrons. The summed E-state index contributed by atoms with van der Waals surface area (Å²) in [4.78, 5) is 12.3. The Bertz CT molecular complexity index is 1130. The average Bonchev–Trinajstić information content (AvgIpc) is 3.28. The number of esters is 1. The number of nitrogens with zero attached hydrogens (tertiary/aromatic N) is 4. The number of halogens is 1. The smallest absolute Gasteiger partial charge is 0.338 e. The molecule has 0 saturated carbocycles. The molecule has 0 fully saturated rings. The molecule has 8 heteroatoms. The number of aryl methyl sites for hydroxylation is 1. The SMILES string of the molecule is Cn1ncc2c(O)cc(C(=O)OCc3ccn(-c4ccc(Cl)cc4)n3)cc21. The molecule has 2 aromatic heterocycles. The summed E-state index contributed by atoms with van der Waals surface area (Å²) in [6.45, 7) is 0.0175. The van der Waals surface area contributed by atoms with Gasteiger partial charge in [-0.05, 0) is 42.5 Å². The number of carbonyl (C=O) groups is 1. The van der Waals surface area contributed by atoms with Crippen LogP contribution in [0, 0.1) is 0 Å². The summed E-state index contributed by atoms with van der Waals surface area (Å²) < 4.78 is 8.58. The Morgan fingerprint density at radius 2 is 2.00 bits per heavy atom. The van der Waals surface area contributed by atoms with Gasteiger partial charge in [0.1, 0.15) is 18.1 Å². The summed E-state index contributed by atoms with van der Waals surface area (Å²) in [7, 11) is 1.74. The molecule has 2 aromatic carbocycles. The minimum absolute atomic E-state index is 0.0143. The first kappa shape index (κ1) is 17.1. The number of hydrogen-bond donors (Lipinski definition) is 1. The van der Waals surface area contributed by atoms with Crippen LogP contribution < -0.4 is 0 Å². The second-order valence-electron chi connectivity index (χ2n) is 6.00. The molecule has 0 unspecified atom stereocenters. The van der Waals surface area contributed by atoms with Crippen molar-refractivity contribution in [2.24, 2.45) is 7.05 Å². The maximum atomic E-state index is 12.3. The van der Waals surface area contributed by atoms with Crippen LogP contribution in [0.5, 0.6) is 5.75 Å². The number of rotatable bonds is 4. The predicted octanol–water partition coefficient (Wildman–Crippen LogP) is 3.48. The molecular formula is C19H15ClN4O3. The molecule has 0 radical (unpaired) electrons.